The quantitative estimate of drug-likeness (QED) is 0.512. The van der Waals surface area contributed by atoms with E-state index in [0.717, 1.165) is 5.69 Å². The molecule has 1 aliphatic heterocycles. The fourth-order valence-electron chi connectivity index (χ4n) is 3.82. The van der Waals surface area contributed by atoms with Crippen molar-refractivity contribution in [2.24, 2.45) is 0 Å². The summed E-state index contributed by atoms with van der Waals surface area (Å²) in [5.41, 5.74) is 2.50. The molecule has 0 unspecified atom stereocenters. The zero-order valence-corrected chi connectivity index (χ0v) is 19.6. The fraction of sp³-hybridized carbons (Fsp3) is 0.273. The Morgan fingerprint density at radius 1 is 1.19 bits per heavy atom. The van der Waals surface area contributed by atoms with Crippen LogP contribution in [0.5, 0.6) is 0 Å². The Morgan fingerprint density at radius 2 is 1.94 bits per heavy atom. The summed E-state index contributed by atoms with van der Waals surface area (Å²) in [5, 5.41) is 4.64. The van der Waals surface area contributed by atoms with Gasteiger partial charge < -0.3 is 9.64 Å². The van der Waals surface area contributed by atoms with E-state index in [4.69, 9.17) is 4.74 Å². The highest BCUT2D eigenvalue weighted by Gasteiger charge is 2.38. The Hall–Kier alpha value is -2.49. The number of rotatable bonds is 6. The van der Waals surface area contributed by atoms with E-state index in [1.54, 1.807) is 34.9 Å². The molecule has 0 atom stereocenters. The number of carbonyl (C=O) groups is 1. The number of amides is 1. The van der Waals surface area contributed by atoms with Crippen LogP contribution in [-0.2, 0) is 20.3 Å². The Balaban J connectivity index is 1.98. The second-order valence-electron chi connectivity index (χ2n) is 7.18. The number of halogens is 1. The highest BCUT2D eigenvalue weighted by molar-refractivity contribution is 9.10. The van der Waals surface area contributed by atoms with Crippen molar-refractivity contribution >= 4 is 31.7 Å². The van der Waals surface area contributed by atoms with Crippen molar-refractivity contribution in [2.45, 2.75) is 17.6 Å². The third-order valence-electron chi connectivity index (χ3n) is 5.29. The van der Waals surface area contributed by atoms with E-state index in [1.165, 1.54) is 0 Å². The lowest BCUT2D eigenvalue weighted by atomic mass is 10.0. The van der Waals surface area contributed by atoms with Gasteiger partial charge in [-0.2, -0.15) is 5.10 Å². The van der Waals surface area contributed by atoms with Gasteiger partial charge in [-0.1, -0.05) is 30.3 Å². The lowest BCUT2D eigenvalue weighted by Crippen LogP contribution is -2.34. The summed E-state index contributed by atoms with van der Waals surface area (Å²) in [7, 11) is -2.08. The maximum Gasteiger partial charge on any atom is 0.274 e. The molecule has 7 nitrogen and oxygen atoms in total. The molecule has 0 spiro atoms. The van der Waals surface area contributed by atoms with Crippen LogP contribution in [0.4, 0.5) is 0 Å². The molecule has 0 saturated heterocycles. The van der Waals surface area contributed by atoms with Crippen molar-refractivity contribution in [3.05, 3.63) is 64.3 Å². The summed E-state index contributed by atoms with van der Waals surface area (Å²) in [6, 6.07) is 14.7. The molecule has 0 bridgehead atoms. The van der Waals surface area contributed by atoms with Gasteiger partial charge in [-0.05, 0) is 41.1 Å². The number of para-hydroxylation sites is 1. The van der Waals surface area contributed by atoms with Crippen LogP contribution in [0.25, 0.3) is 16.9 Å². The summed E-state index contributed by atoms with van der Waals surface area (Å²) >= 11 is 3.39. The molecule has 0 fully saturated rings. The number of nitrogens with zero attached hydrogens (tertiary/aromatic N) is 3. The molecule has 3 aromatic rings. The monoisotopic (exact) mass is 503 g/mol. The number of aromatic nitrogens is 2. The van der Waals surface area contributed by atoms with Crippen molar-refractivity contribution < 1.29 is 17.9 Å². The minimum atomic E-state index is -3.66. The van der Waals surface area contributed by atoms with Gasteiger partial charge in [0.1, 0.15) is 0 Å². The summed E-state index contributed by atoms with van der Waals surface area (Å²) in [6.07, 6.45) is 0. The first-order valence-electron chi connectivity index (χ1n) is 9.86. The van der Waals surface area contributed by atoms with E-state index in [0.29, 0.717) is 41.0 Å². The molecule has 1 amide bonds. The number of carbonyl (C=O) groups excluding carboxylic acids is 1. The average Bonchev–Trinajstić information content (AvgIpc) is 3.13. The van der Waals surface area contributed by atoms with Gasteiger partial charge in [0.2, 0.25) is 0 Å². The summed E-state index contributed by atoms with van der Waals surface area (Å²) < 4.78 is 33.6. The lowest BCUT2D eigenvalue weighted by Gasteiger charge is -2.22. The van der Waals surface area contributed by atoms with Crippen LogP contribution in [0, 0.1) is 0 Å². The minimum absolute atomic E-state index is 0.158. The maximum absolute atomic E-state index is 13.4. The standard InChI is InChI=1S/C22H22BrN3O4S/c1-3-25(12-13-30-2)22(27)19-17-14-31(28,29)21-16(10-7-11-18(21)23)20(17)26(24-19)15-8-5-4-6-9-15/h4-11H,3,12-14H2,1-2H3. The Morgan fingerprint density at radius 3 is 2.61 bits per heavy atom. The van der Waals surface area contributed by atoms with Gasteiger partial charge in [-0.3, -0.25) is 4.79 Å². The smallest absolute Gasteiger partial charge is 0.274 e. The first-order valence-corrected chi connectivity index (χ1v) is 12.3. The van der Waals surface area contributed by atoms with Crippen LogP contribution in [0.15, 0.2) is 57.9 Å². The van der Waals surface area contributed by atoms with Crippen molar-refractivity contribution in [1.29, 1.82) is 0 Å². The largest absolute Gasteiger partial charge is 0.383 e. The number of sulfone groups is 1. The van der Waals surface area contributed by atoms with E-state index in [1.807, 2.05) is 37.3 Å². The second-order valence-corrected chi connectivity index (χ2v) is 9.96. The average molecular weight is 504 g/mol. The fourth-order valence-corrected chi connectivity index (χ4v) is 6.59. The van der Waals surface area contributed by atoms with Gasteiger partial charge in [0.05, 0.1) is 28.6 Å². The summed E-state index contributed by atoms with van der Waals surface area (Å²) in [4.78, 5) is 15.2. The summed E-state index contributed by atoms with van der Waals surface area (Å²) in [6.45, 7) is 3.12. The predicted octanol–water partition coefficient (Wildman–Crippen LogP) is 3.70. The number of hydrogen-bond donors (Lipinski definition) is 0. The topological polar surface area (TPSA) is 81.5 Å². The molecule has 2 aromatic carbocycles. The predicted molar refractivity (Wildman–Crippen MR) is 121 cm³/mol. The molecule has 0 saturated carbocycles. The van der Waals surface area contributed by atoms with E-state index in [-0.39, 0.29) is 22.2 Å². The van der Waals surface area contributed by atoms with Crippen LogP contribution < -0.4 is 0 Å². The molecule has 1 aromatic heterocycles. The van der Waals surface area contributed by atoms with Crippen LogP contribution in [0.1, 0.15) is 23.0 Å². The van der Waals surface area contributed by atoms with Crippen LogP contribution in [0.3, 0.4) is 0 Å². The zero-order valence-electron chi connectivity index (χ0n) is 17.2. The molecular formula is C22H22BrN3O4S. The number of likely N-dealkylation sites (N-methyl/N-ethyl adjacent to an activating group) is 1. The van der Waals surface area contributed by atoms with Gasteiger partial charge in [-0.25, -0.2) is 13.1 Å². The maximum atomic E-state index is 13.4. The SMILES string of the molecule is CCN(CCOC)C(=O)c1nn(-c2ccccc2)c2c1CS(=O)(=O)c1c(Br)cccc1-2. The van der Waals surface area contributed by atoms with Gasteiger partial charge in [-0.15, -0.1) is 0 Å². The van der Waals surface area contributed by atoms with Crippen LogP contribution >= 0.6 is 15.9 Å². The Kier molecular flexibility index (Phi) is 6.00. The molecule has 4 rings (SSSR count). The Labute approximate surface area is 189 Å². The number of fused-ring (bicyclic) bond motifs is 3. The van der Waals surface area contributed by atoms with Crippen molar-refractivity contribution in [1.82, 2.24) is 14.7 Å². The third kappa shape index (κ3) is 3.81. The van der Waals surface area contributed by atoms with E-state index >= 15 is 0 Å². The molecular weight excluding hydrogens is 482 g/mol. The normalized spacial score (nSPS) is 14.0. The molecule has 162 valence electrons. The van der Waals surface area contributed by atoms with Gasteiger partial charge >= 0.3 is 0 Å². The molecule has 31 heavy (non-hydrogen) atoms. The number of benzene rings is 2. The van der Waals surface area contributed by atoms with Gasteiger partial charge in [0, 0.05) is 35.8 Å². The first-order chi connectivity index (χ1) is 14.9. The Bertz CT molecular complexity index is 1240. The highest BCUT2D eigenvalue weighted by atomic mass is 79.9. The zero-order chi connectivity index (χ0) is 22.2. The van der Waals surface area contributed by atoms with Crippen LogP contribution in [0.2, 0.25) is 0 Å². The lowest BCUT2D eigenvalue weighted by molar-refractivity contribution is 0.0699. The molecule has 0 N–H and O–H groups in total. The number of ether oxygens (including phenoxy) is 1. The second kappa shape index (κ2) is 8.57. The van der Waals surface area contributed by atoms with Crippen molar-refractivity contribution in [2.75, 3.05) is 26.8 Å². The molecule has 9 heteroatoms. The molecule has 2 heterocycles. The number of methoxy groups -OCH3 is 1. The minimum Gasteiger partial charge on any atom is -0.383 e. The molecule has 0 aliphatic carbocycles. The van der Waals surface area contributed by atoms with Gasteiger partial charge in [0.15, 0.2) is 15.5 Å². The van der Waals surface area contributed by atoms with E-state index in [9.17, 15) is 13.2 Å². The van der Waals surface area contributed by atoms with E-state index < -0.39 is 9.84 Å². The highest BCUT2D eigenvalue weighted by Crippen LogP contribution is 2.43. The van der Waals surface area contributed by atoms with Gasteiger partial charge in [0.25, 0.3) is 5.91 Å². The van der Waals surface area contributed by atoms with Crippen molar-refractivity contribution in [3.63, 3.8) is 0 Å². The number of hydrogen-bond acceptors (Lipinski definition) is 5. The molecule has 0 radical (unpaired) electrons. The summed E-state index contributed by atoms with van der Waals surface area (Å²) in [5.74, 6) is -0.590. The van der Waals surface area contributed by atoms with Crippen molar-refractivity contribution in [3.8, 4) is 16.9 Å². The van der Waals surface area contributed by atoms with E-state index in [2.05, 4.69) is 21.0 Å². The third-order valence-corrected chi connectivity index (χ3v) is 7.94. The molecule has 1 aliphatic rings. The van der Waals surface area contributed by atoms with Crippen LogP contribution in [-0.4, -0.2) is 55.8 Å². The first kappa shape index (κ1) is 21.7.